The van der Waals surface area contributed by atoms with Crippen LogP contribution in [0, 0.1) is 6.92 Å². The number of rotatable bonds is 14. The van der Waals surface area contributed by atoms with E-state index in [1.54, 1.807) is 12.1 Å². The Labute approximate surface area is 191 Å². The van der Waals surface area contributed by atoms with Crippen LogP contribution in [0.3, 0.4) is 0 Å². The molecule has 1 aromatic rings. The number of carboxylic acids is 3. The number of nitrogens with zero attached hydrogens (tertiary/aromatic N) is 1. The van der Waals surface area contributed by atoms with E-state index in [9.17, 15) is 32.7 Å². The third kappa shape index (κ3) is 9.45. The van der Waals surface area contributed by atoms with E-state index >= 15 is 0 Å². The Morgan fingerprint density at radius 3 is 2.09 bits per heavy atom. The summed E-state index contributed by atoms with van der Waals surface area (Å²) in [6.07, 6.45) is -0.267. The fourth-order valence-corrected chi connectivity index (χ4v) is 3.94. The van der Waals surface area contributed by atoms with Gasteiger partial charge in [0.25, 0.3) is 0 Å². The van der Waals surface area contributed by atoms with E-state index in [1.807, 2.05) is 6.92 Å². The Hall–Kier alpha value is -3.19. The quantitative estimate of drug-likeness (QED) is 0.237. The summed E-state index contributed by atoms with van der Waals surface area (Å²) >= 11 is 0. The molecule has 0 aliphatic carbocycles. The number of unbranched alkanes of at least 4 members (excludes halogenated alkanes) is 1. The number of hydrogen-bond donors (Lipinski definition) is 5. The van der Waals surface area contributed by atoms with Crippen LogP contribution in [0.5, 0.6) is 0 Å². The maximum absolute atomic E-state index is 12.3. The second-order valence-corrected chi connectivity index (χ2v) is 9.21. The van der Waals surface area contributed by atoms with Gasteiger partial charge in [-0.25, -0.2) is 27.5 Å². The van der Waals surface area contributed by atoms with Crippen LogP contribution in [0.25, 0.3) is 0 Å². The minimum atomic E-state index is -3.70. The number of aliphatic carboxylic acids is 3. The molecule has 0 radical (unpaired) electrons. The van der Waals surface area contributed by atoms with Gasteiger partial charge in [0.2, 0.25) is 10.0 Å². The Morgan fingerprint density at radius 1 is 0.970 bits per heavy atom. The van der Waals surface area contributed by atoms with Crippen molar-refractivity contribution < 1.29 is 42.9 Å². The number of carboxylic acid groups (broad SMARTS) is 3. The largest absolute Gasteiger partial charge is 0.481 e. The van der Waals surface area contributed by atoms with Gasteiger partial charge in [0, 0.05) is 20.0 Å². The summed E-state index contributed by atoms with van der Waals surface area (Å²) < 4.78 is 26.9. The molecule has 33 heavy (non-hydrogen) atoms. The van der Waals surface area contributed by atoms with Crippen LogP contribution in [0.4, 0.5) is 4.79 Å². The van der Waals surface area contributed by atoms with E-state index in [0.717, 1.165) is 10.5 Å². The second-order valence-electron chi connectivity index (χ2n) is 7.44. The number of carbonyl (C=O) groups is 4. The van der Waals surface area contributed by atoms with Crippen molar-refractivity contribution in [3.63, 3.8) is 0 Å². The molecule has 13 heteroatoms. The molecule has 0 spiro atoms. The number of aryl methyl sites for hydroxylation is 1. The Morgan fingerprint density at radius 2 is 1.58 bits per heavy atom. The van der Waals surface area contributed by atoms with Crippen LogP contribution in [-0.2, 0) is 24.4 Å². The van der Waals surface area contributed by atoms with Gasteiger partial charge in [-0.3, -0.25) is 4.79 Å². The molecule has 2 atom stereocenters. The number of benzene rings is 1. The van der Waals surface area contributed by atoms with Crippen molar-refractivity contribution in [3.05, 3.63) is 29.8 Å². The van der Waals surface area contributed by atoms with E-state index in [1.165, 1.54) is 19.2 Å². The summed E-state index contributed by atoms with van der Waals surface area (Å²) in [4.78, 5) is 46.7. The summed E-state index contributed by atoms with van der Waals surface area (Å²) in [5.41, 5.74) is 0.915. The van der Waals surface area contributed by atoms with Crippen LogP contribution in [0.15, 0.2) is 29.2 Å². The number of likely N-dealkylation sites (N-methyl/N-ethyl adjacent to an activating group) is 1. The minimum absolute atomic E-state index is 0.00161. The Balaban J connectivity index is 2.58. The highest BCUT2D eigenvalue weighted by atomic mass is 32.2. The first kappa shape index (κ1) is 27.8. The number of nitrogens with one attached hydrogen (secondary N) is 2. The SMILES string of the molecule is Cc1ccc(S(=O)(=O)NCCCCC(C(=O)O)N(C)C(=O)N[C@@H](CCC(=O)O)C(=O)O)cc1. The number of urea groups is 1. The molecule has 2 amide bonds. The number of sulfonamides is 1. The molecule has 1 unspecified atom stereocenters. The zero-order valence-corrected chi connectivity index (χ0v) is 19.2. The maximum atomic E-state index is 12.3. The van der Waals surface area contributed by atoms with Crippen molar-refractivity contribution in [1.29, 1.82) is 0 Å². The lowest BCUT2D eigenvalue weighted by Gasteiger charge is -2.26. The molecule has 184 valence electrons. The van der Waals surface area contributed by atoms with Gasteiger partial charge < -0.3 is 25.5 Å². The highest BCUT2D eigenvalue weighted by Crippen LogP contribution is 2.12. The summed E-state index contributed by atoms with van der Waals surface area (Å²) in [5, 5.41) is 29.4. The van der Waals surface area contributed by atoms with Gasteiger partial charge >= 0.3 is 23.9 Å². The lowest BCUT2D eigenvalue weighted by atomic mass is 10.1. The van der Waals surface area contributed by atoms with Gasteiger partial charge in [-0.05, 0) is 44.7 Å². The van der Waals surface area contributed by atoms with Crippen LogP contribution >= 0.6 is 0 Å². The summed E-state index contributed by atoms with van der Waals surface area (Å²) in [6, 6.07) is 2.56. The summed E-state index contributed by atoms with van der Waals surface area (Å²) in [7, 11) is -2.51. The van der Waals surface area contributed by atoms with Crippen LogP contribution in [0.2, 0.25) is 0 Å². The molecule has 0 aliphatic rings. The van der Waals surface area contributed by atoms with Crippen molar-refractivity contribution >= 4 is 34.0 Å². The van der Waals surface area contributed by atoms with Gasteiger partial charge in [-0.15, -0.1) is 0 Å². The lowest BCUT2D eigenvalue weighted by molar-refractivity contribution is -0.142. The van der Waals surface area contributed by atoms with Crippen molar-refractivity contribution in [2.45, 2.75) is 56.0 Å². The molecular weight excluding hydrogens is 458 g/mol. The van der Waals surface area contributed by atoms with Crippen molar-refractivity contribution in [2.75, 3.05) is 13.6 Å². The fraction of sp³-hybridized carbons (Fsp3) is 0.500. The van der Waals surface area contributed by atoms with Gasteiger partial charge in [-0.1, -0.05) is 17.7 Å². The summed E-state index contributed by atoms with van der Waals surface area (Å²) in [5.74, 6) is -3.98. The third-order valence-corrected chi connectivity index (χ3v) is 6.32. The summed E-state index contributed by atoms with van der Waals surface area (Å²) in [6.45, 7) is 1.90. The first-order valence-corrected chi connectivity index (χ1v) is 11.6. The van der Waals surface area contributed by atoms with E-state index in [4.69, 9.17) is 10.2 Å². The van der Waals surface area contributed by atoms with Gasteiger partial charge in [-0.2, -0.15) is 0 Å². The first-order chi connectivity index (χ1) is 15.3. The van der Waals surface area contributed by atoms with Gasteiger partial charge in [0.1, 0.15) is 12.1 Å². The standard InChI is InChI=1S/C20H29N3O9S/c1-13-6-8-14(9-7-13)33(31,32)21-12-4-3-5-16(19(28)29)23(2)20(30)22-15(18(26)27)10-11-17(24)25/h6-9,15-16,21H,3-5,10-12H2,1-2H3,(H,22,30)(H,24,25)(H,26,27)(H,28,29)/t15-,16?/m0/s1. The van der Waals surface area contributed by atoms with E-state index in [0.29, 0.717) is 6.42 Å². The molecule has 0 fully saturated rings. The Bertz CT molecular complexity index is 948. The average Bonchev–Trinajstić information content (AvgIpc) is 2.72. The van der Waals surface area contributed by atoms with Crippen molar-refractivity contribution in [1.82, 2.24) is 14.9 Å². The molecule has 5 N–H and O–H groups in total. The molecule has 0 aromatic heterocycles. The highest BCUT2D eigenvalue weighted by Gasteiger charge is 2.29. The van der Waals surface area contributed by atoms with Gasteiger partial charge in [0.15, 0.2) is 0 Å². The van der Waals surface area contributed by atoms with Crippen LogP contribution in [-0.4, -0.2) is 78.3 Å². The van der Waals surface area contributed by atoms with Crippen LogP contribution < -0.4 is 10.0 Å². The Kier molecular flexibility index (Phi) is 10.8. The molecule has 0 saturated carbocycles. The molecular formula is C20H29N3O9S. The third-order valence-electron chi connectivity index (χ3n) is 4.84. The topological polar surface area (TPSA) is 190 Å². The lowest BCUT2D eigenvalue weighted by Crippen LogP contribution is -2.52. The van der Waals surface area contributed by atoms with Gasteiger partial charge in [0.05, 0.1) is 4.90 Å². The van der Waals surface area contributed by atoms with Crippen molar-refractivity contribution in [3.8, 4) is 0 Å². The second kappa shape index (κ2) is 12.7. The molecule has 1 rings (SSSR count). The zero-order chi connectivity index (χ0) is 25.2. The molecule has 0 saturated heterocycles. The monoisotopic (exact) mass is 487 g/mol. The van der Waals surface area contributed by atoms with E-state index < -0.39 is 52.5 Å². The zero-order valence-electron chi connectivity index (χ0n) is 18.4. The predicted molar refractivity (Wildman–Crippen MR) is 116 cm³/mol. The number of carbonyl (C=O) groups excluding carboxylic acids is 1. The molecule has 1 aromatic carbocycles. The minimum Gasteiger partial charge on any atom is -0.481 e. The predicted octanol–water partition coefficient (Wildman–Crippen LogP) is 0.856. The highest BCUT2D eigenvalue weighted by molar-refractivity contribution is 7.89. The molecule has 0 aliphatic heterocycles. The number of amides is 2. The maximum Gasteiger partial charge on any atom is 0.326 e. The molecule has 0 heterocycles. The van der Waals surface area contributed by atoms with Crippen molar-refractivity contribution in [2.24, 2.45) is 0 Å². The smallest absolute Gasteiger partial charge is 0.326 e. The number of hydrogen-bond acceptors (Lipinski definition) is 6. The molecule has 0 bridgehead atoms. The normalized spacial score (nSPS) is 13.0. The van der Waals surface area contributed by atoms with E-state index in [2.05, 4.69) is 10.0 Å². The first-order valence-electron chi connectivity index (χ1n) is 10.1. The average molecular weight is 488 g/mol. The van der Waals surface area contributed by atoms with Crippen LogP contribution in [0.1, 0.15) is 37.7 Å². The fourth-order valence-electron chi connectivity index (χ4n) is 2.87. The molecule has 12 nitrogen and oxygen atoms in total. The van der Waals surface area contributed by atoms with E-state index in [-0.39, 0.29) is 30.7 Å².